The number of nitrogens with zero attached hydrogens (tertiary/aromatic N) is 1. The van der Waals surface area contributed by atoms with Crippen LogP contribution in [0.4, 0.5) is 0 Å². The van der Waals surface area contributed by atoms with Gasteiger partial charge >= 0.3 is 0 Å². The van der Waals surface area contributed by atoms with Crippen LogP contribution in [0.15, 0.2) is 0 Å². The zero-order chi connectivity index (χ0) is 12.7. The van der Waals surface area contributed by atoms with E-state index in [1.165, 1.54) is 25.7 Å². The normalized spacial score (nSPS) is 18.1. The third-order valence-electron chi connectivity index (χ3n) is 3.55. The minimum absolute atomic E-state index is 0.273. The zero-order valence-electron chi connectivity index (χ0n) is 10.7. The molecule has 0 aromatic carbocycles. The van der Waals surface area contributed by atoms with Gasteiger partial charge in [0.2, 0.25) is 0 Å². The molecule has 0 saturated heterocycles. The molecule has 0 amide bonds. The third kappa shape index (κ3) is 5.71. The van der Waals surface area contributed by atoms with Crippen LogP contribution in [-0.4, -0.2) is 49.3 Å². The van der Waals surface area contributed by atoms with Gasteiger partial charge in [-0.1, -0.05) is 35.7 Å². The lowest BCUT2D eigenvalue weighted by Crippen LogP contribution is -2.36. The highest BCUT2D eigenvalue weighted by atomic mass is 79.9. The molecule has 5 heteroatoms. The molecule has 17 heavy (non-hydrogen) atoms. The predicted molar refractivity (Wildman–Crippen MR) is 76.6 cm³/mol. The van der Waals surface area contributed by atoms with Crippen molar-refractivity contribution in [2.75, 3.05) is 29.9 Å². The smallest absolute Gasteiger partial charge is 0.150 e. The van der Waals surface area contributed by atoms with Gasteiger partial charge in [-0.2, -0.15) is 0 Å². The van der Waals surface area contributed by atoms with Gasteiger partial charge in [0.25, 0.3) is 0 Å². The Labute approximate surface area is 114 Å². The quantitative estimate of drug-likeness (QED) is 0.643. The van der Waals surface area contributed by atoms with Crippen molar-refractivity contribution in [3.8, 4) is 0 Å². The topological polar surface area (TPSA) is 37.4 Å². The lowest BCUT2D eigenvalue weighted by Gasteiger charge is -2.28. The van der Waals surface area contributed by atoms with E-state index in [-0.39, 0.29) is 5.75 Å². The molecule has 3 nitrogen and oxygen atoms in total. The van der Waals surface area contributed by atoms with Crippen LogP contribution in [0.3, 0.4) is 0 Å². The Morgan fingerprint density at radius 1 is 1.24 bits per heavy atom. The van der Waals surface area contributed by atoms with E-state index in [1.807, 2.05) is 0 Å². The Morgan fingerprint density at radius 2 is 1.88 bits per heavy atom. The van der Waals surface area contributed by atoms with Crippen molar-refractivity contribution in [1.29, 1.82) is 0 Å². The average molecular weight is 326 g/mol. The Hall–Kier alpha value is 0.390. The lowest BCUT2D eigenvalue weighted by molar-refractivity contribution is 0.212. The second-order valence-electron chi connectivity index (χ2n) is 4.75. The molecule has 0 aromatic heterocycles. The molecule has 0 N–H and O–H groups in total. The fourth-order valence-electron chi connectivity index (χ4n) is 2.49. The van der Waals surface area contributed by atoms with Crippen molar-refractivity contribution in [2.24, 2.45) is 0 Å². The van der Waals surface area contributed by atoms with Crippen molar-refractivity contribution in [2.45, 2.75) is 45.1 Å². The first-order valence-electron chi connectivity index (χ1n) is 6.59. The van der Waals surface area contributed by atoms with Crippen molar-refractivity contribution < 1.29 is 8.42 Å². The summed E-state index contributed by atoms with van der Waals surface area (Å²) in [6.07, 6.45) is 6.01. The standard InChI is InChI=1S/C12H24BrNO2S/c1-2-17(15,16)11-5-9-14(10-8-13)12-6-3-4-7-12/h12H,2-11H2,1H3. The highest BCUT2D eigenvalue weighted by Crippen LogP contribution is 2.23. The van der Waals surface area contributed by atoms with Crippen molar-refractivity contribution in [3.63, 3.8) is 0 Å². The lowest BCUT2D eigenvalue weighted by atomic mass is 10.2. The fourth-order valence-corrected chi connectivity index (χ4v) is 3.80. The molecule has 0 aliphatic heterocycles. The molecular formula is C12H24BrNO2S. The number of hydrogen-bond acceptors (Lipinski definition) is 3. The number of sulfone groups is 1. The molecule has 1 aliphatic carbocycles. The van der Waals surface area contributed by atoms with Crippen LogP contribution < -0.4 is 0 Å². The molecule has 0 heterocycles. The molecule has 0 atom stereocenters. The van der Waals surface area contributed by atoms with Gasteiger partial charge in [0.1, 0.15) is 9.84 Å². The first-order valence-corrected chi connectivity index (χ1v) is 9.54. The van der Waals surface area contributed by atoms with Gasteiger partial charge in [-0.15, -0.1) is 0 Å². The molecule has 1 rings (SSSR count). The van der Waals surface area contributed by atoms with Gasteiger partial charge in [0.15, 0.2) is 0 Å². The van der Waals surface area contributed by atoms with Gasteiger partial charge < -0.3 is 0 Å². The number of halogens is 1. The molecular weight excluding hydrogens is 302 g/mol. The second-order valence-corrected chi connectivity index (χ2v) is 8.02. The number of hydrogen-bond donors (Lipinski definition) is 0. The van der Waals surface area contributed by atoms with Gasteiger partial charge in [-0.25, -0.2) is 8.42 Å². The Balaban J connectivity index is 2.34. The molecule has 0 bridgehead atoms. The Morgan fingerprint density at radius 3 is 2.41 bits per heavy atom. The molecule has 1 fully saturated rings. The van der Waals surface area contributed by atoms with Gasteiger partial charge in [0.05, 0.1) is 5.75 Å². The molecule has 1 saturated carbocycles. The van der Waals surface area contributed by atoms with Crippen LogP contribution in [0.25, 0.3) is 0 Å². The van der Waals surface area contributed by atoms with E-state index in [0.717, 1.165) is 24.8 Å². The SMILES string of the molecule is CCS(=O)(=O)CCCN(CCBr)C1CCCC1. The highest BCUT2D eigenvalue weighted by molar-refractivity contribution is 9.09. The first-order chi connectivity index (χ1) is 8.09. The second kappa shape index (κ2) is 7.74. The monoisotopic (exact) mass is 325 g/mol. The molecule has 0 unspecified atom stereocenters. The summed E-state index contributed by atoms with van der Waals surface area (Å²) in [6.45, 7) is 3.69. The minimum Gasteiger partial charge on any atom is -0.300 e. The summed E-state index contributed by atoms with van der Waals surface area (Å²) >= 11 is 3.48. The van der Waals surface area contributed by atoms with E-state index < -0.39 is 9.84 Å². The maximum atomic E-state index is 11.4. The number of rotatable bonds is 8. The van der Waals surface area contributed by atoms with Crippen LogP contribution in [0.5, 0.6) is 0 Å². The van der Waals surface area contributed by atoms with Crippen LogP contribution >= 0.6 is 15.9 Å². The van der Waals surface area contributed by atoms with Crippen molar-refractivity contribution in [1.82, 2.24) is 4.90 Å². The molecule has 1 aliphatic rings. The van der Waals surface area contributed by atoms with E-state index in [9.17, 15) is 8.42 Å². The number of alkyl halides is 1. The van der Waals surface area contributed by atoms with Gasteiger partial charge in [-0.3, -0.25) is 4.90 Å². The van der Waals surface area contributed by atoms with Crippen LogP contribution in [0.2, 0.25) is 0 Å². The Bertz CT molecular complexity index is 300. The van der Waals surface area contributed by atoms with Gasteiger partial charge in [0, 0.05) is 23.7 Å². The predicted octanol–water partition coefficient (Wildman–Crippen LogP) is 2.45. The van der Waals surface area contributed by atoms with E-state index in [4.69, 9.17) is 0 Å². The van der Waals surface area contributed by atoms with E-state index in [1.54, 1.807) is 6.92 Å². The zero-order valence-corrected chi connectivity index (χ0v) is 13.1. The first kappa shape index (κ1) is 15.4. The largest absolute Gasteiger partial charge is 0.300 e. The van der Waals surface area contributed by atoms with E-state index >= 15 is 0 Å². The van der Waals surface area contributed by atoms with E-state index in [2.05, 4.69) is 20.8 Å². The molecule has 0 spiro atoms. The average Bonchev–Trinajstić information content (AvgIpc) is 2.81. The van der Waals surface area contributed by atoms with Crippen LogP contribution in [0, 0.1) is 0 Å². The summed E-state index contributed by atoms with van der Waals surface area (Å²) in [4.78, 5) is 2.47. The van der Waals surface area contributed by atoms with Crippen LogP contribution in [0.1, 0.15) is 39.0 Å². The minimum atomic E-state index is -2.79. The summed E-state index contributed by atoms with van der Waals surface area (Å²) in [6, 6.07) is 0.692. The third-order valence-corrected chi connectivity index (χ3v) is 5.70. The van der Waals surface area contributed by atoms with Crippen LogP contribution in [-0.2, 0) is 9.84 Å². The molecule has 0 radical (unpaired) electrons. The maximum Gasteiger partial charge on any atom is 0.150 e. The molecule has 102 valence electrons. The summed E-state index contributed by atoms with van der Waals surface area (Å²) in [5.74, 6) is 0.615. The van der Waals surface area contributed by atoms with E-state index in [0.29, 0.717) is 11.8 Å². The summed E-state index contributed by atoms with van der Waals surface area (Å²) < 4.78 is 22.9. The summed E-state index contributed by atoms with van der Waals surface area (Å²) in [5.41, 5.74) is 0. The summed E-state index contributed by atoms with van der Waals surface area (Å²) in [7, 11) is -2.79. The Kier molecular flexibility index (Phi) is 7.04. The fraction of sp³-hybridized carbons (Fsp3) is 1.00. The molecule has 0 aromatic rings. The van der Waals surface area contributed by atoms with Gasteiger partial charge in [-0.05, 0) is 25.8 Å². The van der Waals surface area contributed by atoms with Crippen molar-refractivity contribution in [3.05, 3.63) is 0 Å². The van der Waals surface area contributed by atoms with Crippen molar-refractivity contribution >= 4 is 25.8 Å². The highest BCUT2D eigenvalue weighted by Gasteiger charge is 2.22. The maximum absolute atomic E-state index is 11.4. The summed E-state index contributed by atoms with van der Waals surface area (Å²) in [5, 5.41) is 0.976.